The molecule has 9 heteroatoms. The van der Waals surface area contributed by atoms with E-state index in [-0.39, 0.29) is 30.6 Å². The lowest BCUT2D eigenvalue weighted by Crippen LogP contribution is -2.52. The second kappa shape index (κ2) is 11.5. The van der Waals surface area contributed by atoms with Crippen molar-refractivity contribution in [2.75, 3.05) is 57.9 Å². The summed E-state index contributed by atoms with van der Waals surface area (Å²) in [5.41, 5.74) is 1.21. The van der Waals surface area contributed by atoms with Crippen LogP contribution in [0.25, 0.3) is 0 Å². The molecule has 0 radical (unpaired) electrons. The largest absolute Gasteiger partial charge is 0.411 e. The van der Waals surface area contributed by atoms with E-state index in [9.17, 15) is 13.2 Å². The zero-order valence-corrected chi connectivity index (χ0v) is 17.2. The number of halogens is 4. The van der Waals surface area contributed by atoms with Crippen LogP contribution in [-0.2, 0) is 4.74 Å². The van der Waals surface area contributed by atoms with E-state index in [1.807, 2.05) is 18.2 Å². The van der Waals surface area contributed by atoms with Gasteiger partial charge in [-0.25, -0.2) is 0 Å². The average Bonchev–Trinajstić information content (AvgIpc) is 2.61. The first-order valence-electron chi connectivity index (χ1n) is 8.40. The predicted molar refractivity (Wildman–Crippen MR) is 108 cm³/mol. The van der Waals surface area contributed by atoms with E-state index in [0.717, 1.165) is 32.1 Å². The minimum atomic E-state index is -4.26. The van der Waals surface area contributed by atoms with E-state index in [0.29, 0.717) is 13.0 Å². The van der Waals surface area contributed by atoms with Gasteiger partial charge in [-0.15, -0.1) is 24.0 Å². The van der Waals surface area contributed by atoms with Crippen molar-refractivity contribution in [3.63, 3.8) is 0 Å². The van der Waals surface area contributed by atoms with Crippen molar-refractivity contribution in [1.82, 2.24) is 10.2 Å². The molecule has 5 nitrogen and oxygen atoms in total. The number of anilines is 1. The van der Waals surface area contributed by atoms with Crippen molar-refractivity contribution in [3.8, 4) is 0 Å². The smallest absolute Gasteiger partial charge is 0.372 e. The second-order valence-electron chi connectivity index (χ2n) is 5.80. The third kappa shape index (κ3) is 7.98. The number of nitrogens with one attached hydrogen (secondary N) is 1. The summed E-state index contributed by atoms with van der Waals surface area (Å²) in [5, 5.41) is 3.19. The van der Waals surface area contributed by atoms with Gasteiger partial charge < -0.3 is 19.9 Å². The number of rotatable bonds is 6. The van der Waals surface area contributed by atoms with Crippen molar-refractivity contribution in [3.05, 3.63) is 30.3 Å². The molecule has 0 aliphatic carbocycles. The summed E-state index contributed by atoms with van der Waals surface area (Å²) in [5.74, 6) is 0.781. The van der Waals surface area contributed by atoms with E-state index in [2.05, 4.69) is 37.0 Å². The minimum absolute atomic E-state index is 0. The second-order valence-corrected chi connectivity index (χ2v) is 5.80. The Hall–Kier alpha value is -1.23. The lowest BCUT2D eigenvalue weighted by Gasteiger charge is -2.37. The molecule has 0 atom stereocenters. The third-order valence-electron chi connectivity index (χ3n) is 3.93. The monoisotopic (exact) mass is 486 g/mol. The molecule has 0 saturated carbocycles. The highest BCUT2D eigenvalue weighted by molar-refractivity contribution is 14.0. The Morgan fingerprint density at radius 1 is 1.15 bits per heavy atom. The normalized spacial score (nSPS) is 15.6. The number of hydrogen-bond acceptors (Lipinski definition) is 3. The van der Waals surface area contributed by atoms with Crippen molar-refractivity contribution < 1.29 is 17.9 Å². The highest BCUT2D eigenvalue weighted by Gasteiger charge is 2.27. The van der Waals surface area contributed by atoms with Gasteiger partial charge in [0.15, 0.2) is 5.96 Å². The standard InChI is InChI=1S/C17H25F3N4O.HI/c1-21-16(22-8-5-13-25-14-17(18,19)20)24-11-9-23(10-12-24)15-6-3-2-4-7-15;/h2-4,6-7H,5,8-14H2,1H3,(H,21,22);1H. The number of ether oxygens (including phenoxy) is 1. The van der Waals surface area contributed by atoms with Crippen molar-refractivity contribution in [1.29, 1.82) is 0 Å². The van der Waals surface area contributed by atoms with Crippen LogP contribution in [-0.4, -0.2) is 70.0 Å². The Labute approximate surface area is 169 Å². The third-order valence-corrected chi connectivity index (χ3v) is 3.93. The van der Waals surface area contributed by atoms with Crippen molar-refractivity contribution in [2.45, 2.75) is 12.6 Å². The van der Waals surface area contributed by atoms with Gasteiger partial charge in [-0.1, -0.05) is 18.2 Å². The van der Waals surface area contributed by atoms with Crippen LogP contribution in [0.1, 0.15) is 6.42 Å². The highest BCUT2D eigenvalue weighted by atomic mass is 127. The van der Waals surface area contributed by atoms with E-state index < -0.39 is 12.8 Å². The highest BCUT2D eigenvalue weighted by Crippen LogP contribution is 2.16. The first kappa shape index (κ1) is 22.8. The number of guanidine groups is 1. The minimum Gasteiger partial charge on any atom is -0.372 e. The topological polar surface area (TPSA) is 40.1 Å². The molecular formula is C17H26F3IN4O. The van der Waals surface area contributed by atoms with E-state index in [4.69, 9.17) is 0 Å². The molecule has 0 amide bonds. The van der Waals surface area contributed by atoms with E-state index in [1.54, 1.807) is 7.05 Å². The summed E-state index contributed by atoms with van der Waals surface area (Å²) in [7, 11) is 1.71. The van der Waals surface area contributed by atoms with Crippen molar-refractivity contribution in [2.24, 2.45) is 4.99 Å². The zero-order valence-electron chi connectivity index (χ0n) is 14.8. The number of para-hydroxylation sites is 1. The SMILES string of the molecule is CN=C(NCCCOCC(F)(F)F)N1CCN(c2ccccc2)CC1.I. The van der Waals surface area contributed by atoms with Gasteiger partial charge in [0.2, 0.25) is 0 Å². The Morgan fingerprint density at radius 3 is 2.38 bits per heavy atom. The first-order valence-corrected chi connectivity index (χ1v) is 8.40. The summed E-state index contributed by atoms with van der Waals surface area (Å²) in [6, 6.07) is 10.3. The number of aliphatic imine (C=N–C) groups is 1. The summed E-state index contributed by atoms with van der Waals surface area (Å²) in [6.45, 7) is 2.91. The summed E-state index contributed by atoms with van der Waals surface area (Å²) < 4.78 is 40.5. The molecule has 1 saturated heterocycles. The maximum absolute atomic E-state index is 12.0. The van der Waals surface area contributed by atoms with Crippen LogP contribution in [0.4, 0.5) is 18.9 Å². The van der Waals surface area contributed by atoms with Crippen LogP contribution < -0.4 is 10.2 Å². The fourth-order valence-corrected chi connectivity index (χ4v) is 2.71. The Morgan fingerprint density at radius 2 is 1.81 bits per heavy atom. The van der Waals surface area contributed by atoms with Gasteiger partial charge in [0, 0.05) is 52.1 Å². The van der Waals surface area contributed by atoms with Crippen LogP contribution in [0.3, 0.4) is 0 Å². The zero-order chi connectivity index (χ0) is 18.1. The van der Waals surface area contributed by atoms with Crippen LogP contribution >= 0.6 is 24.0 Å². The summed E-state index contributed by atoms with van der Waals surface area (Å²) >= 11 is 0. The molecule has 0 spiro atoms. The number of hydrogen-bond donors (Lipinski definition) is 1. The molecule has 148 valence electrons. The molecule has 1 aliphatic heterocycles. The molecule has 1 aromatic rings. The Bertz CT molecular complexity index is 535. The van der Waals surface area contributed by atoms with Gasteiger partial charge in [-0.05, 0) is 18.6 Å². The van der Waals surface area contributed by atoms with Crippen LogP contribution in [0.5, 0.6) is 0 Å². The fraction of sp³-hybridized carbons (Fsp3) is 0.588. The first-order chi connectivity index (χ1) is 12.0. The van der Waals surface area contributed by atoms with Crippen molar-refractivity contribution >= 4 is 35.6 Å². The van der Waals surface area contributed by atoms with Crippen LogP contribution in [0, 0.1) is 0 Å². The summed E-state index contributed by atoms with van der Waals surface area (Å²) in [4.78, 5) is 8.75. The number of piperazine rings is 1. The Kier molecular flexibility index (Phi) is 10.1. The maximum atomic E-state index is 12.0. The molecule has 1 aromatic carbocycles. The molecule has 0 unspecified atom stereocenters. The number of alkyl halides is 3. The van der Waals surface area contributed by atoms with Gasteiger partial charge in [0.25, 0.3) is 0 Å². The van der Waals surface area contributed by atoms with E-state index in [1.165, 1.54) is 5.69 Å². The number of benzene rings is 1. The van der Waals surface area contributed by atoms with Crippen LogP contribution in [0.15, 0.2) is 35.3 Å². The van der Waals surface area contributed by atoms with E-state index >= 15 is 0 Å². The van der Waals surface area contributed by atoms with Gasteiger partial charge in [-0.2, -0.15) is 13.2 Å². The van der Waals surface area contributed by atoms with Gasteiger partial charge in [0.05, 0.1) is 0 Å². The molecule has 1 fully saturated rings. The molecule has 1 N–H and O–H groups in total. The quantitative estimate of drug-likeness (QED) is 0.291. The molecule has 1 heterocycles. The van der Waals surface area contributed by atoms with Gasteiger partial charge in [-0.3, -0.25) is 4.99 Å². The van der Waals surface area contributed by atoms with Gasteiger partial charge in [0.1, 0.15) is 6.61 Å². The molecule has 0 bridgehead atoms. The fourth-order valence-electron chi connectivity index (χ4n) is 2.71. The molecule has 0 aromatic heterocycles. The average molecular weight is 486 g/mol. The molecule has 26 heavy (non-hydrogen) atoms. The maximum Gasteiger partial charge on any atom is 0.411 e. The lowest BCUT2D eigenvalue weighted by atomic mass is 10.2. The lowest BCUT2D eigenvalue weighted by molar-refractivity contribution is -0.173. The van der Waals surface area contributed by atoms with Gasteiger partial charge >= 0.3 is 6.18 Å². The predicted octanol–water partition coefficient (Wildman–Crippen LogP) is 2.97. The molecule has 1 aliphatic rings. The number of nitrogens with zero attached hydrogens (tertiary/aromatic N) is 3. The Balaban J connectivity index is 0.00000338. The molecular weight excluding hydrogens is 460 g/mol. The summed E-state index contributed by atoms with van der Waals surface area (Å²) in [6.07, 6.45) is -3.76. The molecule has 2 rings (SSSR count). The van der Waals surface area contributed by atoms with Crippen LogP contribution in [0.2, 0.25) is 0 Å².